The number of hydrogen-bond acceptors (Lipinski definition) is 6. The molecule has 1 aromatic rings. The van der Waals surface area contributed by atoms with E-state index in [4.69, 9.17) is 15.4 Å². The quantitative estimate of drug-likeness (QED) is 0.490. The fourth-order valence-corrected chi connectivity index (χ4v) is 2.58. The summed E-state index contributed by atoms with van der Waals surface area (Å²) in [5.41, 5.74) is -0.406. The standard InChI is InChI=1S/C10H11ClN2O6S/c1-6-3-8(19-5-10(14)12-2)7(13(15)16)4-9(6)20(11,17)18/h3-4H,5H2,1-2H3,(H,12,14). The van der Waals surface area contributed by atoms with Crippen LogP contribution in [0.15, 0.2) is 17.0 Å². The SMILES string of the molecule is CNC(=O)COc1cc(C)c(S(=O)(=O)Cl)cc1[N+](=O)[O-]. The third-order valence-corrected chi connectivity index (χ3v) is 3.82. The summed E-state index contributed by atoms with van der Waals surface area (Å²) in [6.07, 6.45) is 0. The smallest absolute Gasteiger partial charge is 0.312 e. The van der Waals surface area contributed by atoms with Crippen LogP contribution in [-0.2, 0) is 13.8 Å². The highest BCUT2D eigenvalue weighted by Crippen LogP contribution is 2.33. The van der Waals surface area contributed by atoms with Crippen LogP contribution in [0.4, 0.5) is 5.69 Å². The lowest BCUT2D eigenvalue weighted by Crippen LogP contribution is -2.25. The van der Waals surface area contributed by atoms with Gasteiger partial charge in [-0.15, -0.1) is 0 Å². The highest BCUT2D eigenvalue weighted by Gasteiger charge is 2.24. The van der Waals surface area contributed by atoms with E-state index in [9.17, 15) is 23.3 Å². The fourth-order valence-electron chi connectivity index (χ4n) is 1.39. The molecular weight excluding hydrogens is 312 g/mol. The lowest BCUT2D eigenvalue weighted by Gasteiger charge is -2.09. The van der Waals surface area contributed by atoms with Crippen molar-refractivity contribution in [2.24, 2.45) is 0 Å². The topological polar surface area (TPSA) is 116 Å². The van der Waals surface area contributed by atoms with Crippen LogP contribution in [0, 0.1) is 17.0 Å². The maximum atomic E-state index is 11.3. The van der Waals surface area contributed by atoms with Crippen LogP contribution in [0.5, 0.6) is 5.75 Å². The molecule has 0 spiro atoms. The molecule has 0 radical (unpaired) electrons. The van der Waals surface area contributed by atoms with Crippen molar-refractivity contribution in [1.29, 1.82) is 0 Å². The third-order valence-electron chi connectivity index (χ3n) is 2.35. The first kappa shape index (κ1) is 16.2. The van der Waals surface area contributed by atoms with E-state index in [0.29, 0.717) is 0 Å². The normalized spacial score (nSPS) is 10.9. The zero-order valence-electron chi connectivity index (χ0n) is 10.5. The van der Waals surface area contributed by atoms with E-state index in [1.165, 1.54) is 14.0 Å². The molecule has 0 atom stereocenters. The van der Waals surface area contributed by atoms with Gasteiger partial charge in [-0.25, -0.2) is 8.42 Å². The van der Waals surface area contributed by atoms with Crippen LogP contribution in [-0.4, -0.2) is 32.9 Å². The summed E-state index contributed by atoms with van der Waals surface area (Å²) in [5, 5.41) is 13.2. The Hall–Kier alpha value is -1.87. The van der Waals surface area contributed by atoms with Gasteiger partial charge in [-0.3, -0.25) is 14.9 Å². The Morgan fingerprint density at radius 2 is 2.10 bits per heavy atom. The van der Waals surface area contributed by atoms with E-state index in [2.05, 4.69) is 5.32 Å². The molecule has 0 heterocycles. The van der Waals surface area contributed by atoms with E-state index < -0.39 is 32.2 Å². The summed E-state index contributed by atoms with van der Waals surface area (Å²) < 4.78 is 27.6. The second kappa shape index (κ2) is 6.06. The first-order valence-corrected chi connectivity index (χ1v) is 7.55. The molecule has 0 unspecified atom stereocenters. The Bertz CT molecular complexity index is 658. The Kier molecular flexibility index (Phi) is 4.90. The van der Waals surface area contributed by atoms with Gasteiger partial charge >= 0.3 is 5.69 Å². The lowest BCUT2D eigenvalue weighted by molar-refractivity contribution is -0.386. The average molecular weight is 323 g/mol. The van der Waals surface area contributed by atoms with Gasteiger partial charge in [-0.05, 0) is 18.6 Å². The van der Waals surface area contributed by atoms with Gasteiger partial charge in [0.25, 0.3) is 15.0 Å². The molecule has 0 saturated carbocycles. The Morgan fingerprint density at radius 1 is 1.50 bits per heavy atom. The number of carbonyl (C=O) groups is 1. The molecule has 10 heteroatoms. The number of aryl methyl sites for hydroxylation is 1. The summed E-state index contributed by atoms with van der Waals surface area (Å²) >= 11 is 0. The van der Waals surface area contributed by atoms with Crippen molar-refractivity contribution >= 4 is 31.3 Å². The summed E-state index contributed by atoms with van der Waals surface area (Å²) in [5.74, 6) is -0.689. The number of nitrogens with one attached hydrogen (secondary N) is 1. The van der Waals surface area contributed by atoms with Gasteiger partial charge < -0.3 is 10.1 Å². The van der Waals surface area contributed by atoms with Gasteiger partial charge in [-0.1, -0.05) is 0 Å². The molecule has 1 aromatic carbocycles. The Morgan fingerprint density at radius 3 is 2.55 bits per heavy atom. The maximum absolute atomic E-state index is 11.3. The van der Waals surface area contributed by atoms with E-state index in [1.807, 2.05) is 0 Å². The number of nitrogens with zero attached hydrogens (tertiary/aromatic N) is 1. The fraction of sp³-hybridized carbons (Fsp3) is 0.300. The molecule has 8 nitrogen and oxygen atoms in total. The van der Waals surface area contributed by atoms with Crippen LogP contribution in [0.1, 0.15) is 5.56 Å². The van der Waals surface area contributed by atoms with Crippen molar-refractivity contribution in [1.82, 2.24) is 5.32 Å². The van der Waals surface area contributed by atoms with Crippen LogP contribution in [0.3, 0.4) is 0 Å². The minimum atomic E-state index is -4.11. The van der Waals surface area contributed by atoms with Crippen LogP contribution >= 0.6 is 10.7 Å². The number of benzene rings is 1. The largest absolute Gasteiger partial charge is 0.477 e. The van der Waals surface area contributed by atoms with Gasteiger partial charge in [0, 0.05) is 23.8 Å². The second-order valence-corrected chi connectivity index (χ2v) is 6.28. The number of carbonyl (C=O) groups excluding carboxylic acids is 1. The van der Waals surface area contributed by atoms with E-state index >= 15 is 0 Å². The van der Waals surface area contributed by atoms with Crippen molar-refractivity contribution < 1.29 is 22.9 Å². The van der Waals surface area contributed by atoms with E-state index in [-0.39, 0.29) is 16.2 Å². The van der Waals surface area contributed by atoms with Crippen LogP contribution in [0.2, 0.25) is 0 Å². The van der Waals surface area contributed by atoms with Gasteiger partial charge in [0.05, 0.1) is 9.82 Å². The minimum absolute atomic E-state index is 0.178. The van der Waals surface area contributed by atoms with E-state index in [1.54, 1.807) is 0 Å². The molecule has 1 rings (SSSR count). The molecule has 0 fully saturated rings. The zero-order chi connectivity index (χ0) is 15.5. The van der Waals surface area contributed by atoms with Gasteiger partial charge in [-0.2, -0.15) is 0 Å². The summed E-state index contributed by atoms with van der Waals surface area (Å²) in [4.78, 5) is 20.8. The summed E-state index contributed by atoms with van der Waals surface area (Å²) in [6, 6.07) is 1.95. The number of rotatable bonds is 5. The number of amides is 1. The van der Waals surface area contributed by atoms with Crippen molar-refractivity contribution in [3.8, 4) is 5.75 Å². The molecule has 0 aliphatic rings. The monoisotopic (exact) mass is 322 g/mol. The molecule has 0 aromatic heterocycles. The molecule has 110 valence electrons. The van der Waals surface area contributed by atoms with Crippen LogP contribution < -0.4 is 10.1 Å². The summed E-state index contributed by atoms with van der Waals surface area (Å²) in [6.45, 7) is 0.982. The molecule has 1 amide bonds. The number of hydrogen-bond donors (Lipinski definition) is 1. The molecule has 0 saturated heterocycles. The van der Waals surface area contributed by atoms with Crippen molar-refractivity contribution in [2.45, 2.75) is 11.8 Å². The molecule has 0 aliphatic heterocycles. The van der Waals surface area contributed by atoms with Crippen LogP contribution in [0.25, 0.3) is 0 Å². The molecule has 0 bridgehead atoms. The summed E-state index contributed by atoms with van der Waals surface area (Å²) in [7, 11) is 2.46. The third kappa shape index (κ3) is 3.81. The van der Waals surface area contributed by atoms with Gasteiger partial charge in [0.1, 0.15) is 0 Å². The Balaban J connectivity index is 3.29. The second-order valence-electron chi connectivity index (χ2n) is 3.74. The maximum Gasteiger partial charge on any atom is 0.312 e. The number of nitro groups is 1. The molecule has 20 heavy (non-hydrogen) atoms. The molecule has 1 N–H and O–H groups in total. The predicted molar refractivity (Wildman–Crippen MR) is 70.4 cm³/mol. The van der Waals surface area contributed by atoms with Crippen molar-refractivity contribution in [3.63, 3.8) is 0 Å². The number of likely N-dealkylation sites (N-methyl/N-ethyl adjacent to an activating group) is 1. The number of halogens is 1. The average Bonchev–Trinajstić information content (AvgIpc) is 2.33. The minimum Gasteiger partial charge on any atom is -0.477 e. The van der Waals surface area contributed by atoms with Gasteiger partial charge in [0.15, 0.2) is 12.4 Å². The number of ether oxygens (including phenoxy) is 1. The predicted octanol–water partition coefficient (Wildman–Crippen LogP) is 0.956. The molecule has 0 aliphatic carbocycles. The number of nitro benzene ring substituents is 1. The first-order chi connectivity index (χ1) is 9.16. The highest BCUT2D eigenvalue weighted by molar-refractivity contribution is 8.13. The Labute approximate surface area is 119 Å². The highest BCUT2D eigenvalue weighted by atomic mass is 35.7. The van der Waals surface area contributed by atoms with Crippen molar-refractivity contribution in [3.05, 3.63) is 27.8 Å². The lowest BCUT2D eigenvalue weighted by atomic mass is 10.2. The van der Waals surface area contributed by atoms with Crippen molar-refractivity contribution in [2.75, 3.05) is 13.7 Å². The van der Waals surface area contributed by atoms with Gasteiger partial charge in [0.2, 0.25) is 0 Å². The molecular formula is C10H11ClN2O6S. The van der Waals surface area contributed by atoms with E-state index in [0.717, 1.165) is 12.1 Å². The first-order valence-electron chi connectivity index (χ1n) is 5.24. The zero-order valence-corrected chi connectivity index (χ0v) is 12.1.